The van der Waals surface area contributed by atoms with Crippen molar-refractivity contribution in [3.8, 4) is 17.2 Å². The van der Waals surface area contributed by atoms with Gasteiger partial charge in [-0.25, -0.2) is 0 Å². The summed E-state index contributed by atoms with van der Waals surface area (Å²) in [6, 6.07) is 9.66. The van der Waals surface area contributed by atoms with Crippen molar-refractivity contribution in [3.63, 3.8) is 0 Å². The fourth-order valence-corrected chi connectivity index (χ4v) is 3.49. The molecular weight excluding hydrogens is 376 g/mol. The Morgan fingerprint density at radius 2 is 1.86 bits per heavy atom. The maximum Gasteiger partial charge on any atom is 0.259 e. The van der Waals surface area contributed by atoms with Crippen LogP contribution in [0.2, 0.25) is 0 Å². The van der Waals surface area contributed by atoms with Crippen molar-refractivity contribution in [2.75, 3.05) is 6.54 Å². The SMILES string of the molecule is CC(C)C[C@H](NC(=O)c1ccc(-c2ccsc2C(N)=O)cc1)C(=O)NCC#N. The average Bonchev–Trinajstić information content (AvgIpc) is 3.15. The number of rotatable bonds is 8. The van der Waals surface area contributed by atoms with Crippen LogP contribution >= 0.6 is 11.3 Å². The topological polar surface area (TPSA) is 125 Å². The number of nitriles is 1. The molecule has 2 rings (SSSR count). The van der Waals surface area contributed by atoms with Crippen LogP contribution in [0.5, 0.6) is 0 Å². The molecule has 0 bridgehead atoms. The van der Waals surface area contributed by atoms with Crippen molar-refractivity contribution in [2.24, 2.45) is 11.7 Å². The maximum absolute atomic E-state index is 12.6. The van der Waals surface area contributed by atoms with E-state index in [2.05, 4.69) is 10.6 Å². The van der Waals surface area contributed by atoms with Gasteiger partial charge in [0.2, 0.25) is 5.91 Å². The van der Waals surface area contributed by atoms with Gasteiger partial charge in [0.1, 0.15) is 12.6 Å². The van der Waals surface area contributed by atoms with Crippen molar-refractivity contribution >= 4 is 29.1 Å². The second-order valence-corrected chi connectivity index (χ2v) is 7.55. The highest BCUT2D eigenvalue weighted by Gasteiger charge is 2.22. The Morgan fingerprint density at radius 1 is 1.18 bits per heavy atom. The first-order valence-electron chi connectivity index (χ1n) is 8.76. The van der Waals surface area contributed by atoms with E-state index in [1.54, 1.807) is 35.7 Å². The smallest absolute Gasteiger partial charge is 0.259 e. The number of carbonyl (C=O) groups is 3. The molecule has 0 aliphatic rings. The second-order valence-electron chi connectivity index (χ2n) is 6.64. The Balaban J connectivity index is 2.14. The Hall–Kier alpha value is -3.18. The first-order chi connectivity index (χ1) is 13.3. The number of primary amides is 1. The Labute approximate surface area is 167 Å². The van der Waals surface area contributed by atoms with Crippen LogP contribution in [0.1, 0.15) is 40.3 Å². The molecule has 8 heteroatoms. The number of amides is 3. The summed E-state index contributed by atoms with van der Waals surface area (Å²) in [6.45, 7) is 3.78. The Kier molecular flexibility index (Phi) is 7.29. The molecule has 0 spiro atoms. The maximum atomic E-state index is 12.6. The summed E-state index contributed by atoms with van der Waals surface area (Å²) in [4.78, 5) is 36.7. The van der Waals surface area contributed by atoms with E-state index in [0.717, 1.165) is 11.1 Å². The summed E-state index contributed by atoms with van der Waals surface area (Å²) in [7, 11) is 0. The molecule has 1 aromatic heterocycles. The number of hydrogen-bond donors (Lipinski definition) is 3. The minimum Gasteiger partial charge on any atom is -0.365 e. The summed E-state index contributed by atoms with van der Waals surface area (Å²) < 4.78 is 0. The molecule has 3 amide bonds. The van der Waals surface area contributed by atoms with Crippen molar-refractivity contribution < 1.29 is 14.4 Å². The van der Waals surface area contributed by atoms with Crippen LogP contribution in [-0.4, -0.2) is 30.3 Å². The summed E-state index contributed by atoms with van der Waals surface area (Å²) in [6.07, 6.45) is 0.456. The van der Waals surface area contributed by atoms with Crippen molar-refractivity contribution in [1.29, 1.82) is 5.26 Å². The molecule has 1 aromatic carbocycles. The van der Waals surface area contributed by atoms with Gasteiger partial charge in [0.25, 0.3) is 11.8 Å². The lowest BCUT2D eigenvalue weighted by molar-refractivity contribution is -0.123. The molecule has 7 nitrogen and oxygen atoms in total. The van der Waals surface area contributed by atoms with Gasteiger partial charge in [-0.2, -0.15) is 5.26 Å². The molecule has 2 aromatic rings. The van der Waals surface area contributed by atoms with E-state index < -0.39 is 11.9 Å². The summed E-state index contributed by atoms with van der Waals surface area (Å²) in [5, 5.41) is 15.6. The highest BCUT2D eigenvalue weighted by atomic mass is 32.1. The number of benzene rings is 1. The van der Waals surface area contributed by atoms with Crippen LogP contribution in [0.25, 0.3) is 11.1 Å². The molecule has 1 heterocycles. The molecule has 0 fully saturated rings. The van der Waals surface area contributed by atoms with Crippen molar-refractivity contribution in [2.45, 2.75) is 26.3 Å². The van der Waals surface area contributed by atoms with Gasteiger partial charge in [-0.1, -0.05) is 26.0 Å². The van der Waals surface area contributed by atoms with Gasteiger partial charge < -0.3 is 16.4 Å². The number of thiophene rings is 1. The average molecular weight is 398 g/mol. The first kappa shape index (κ1) is 21.1. The molecular formula is C20H22N4O3S. The van der Waals surface area contributed by atoms with E-state index >= 15 is 0 Å². The number of nitrogens with one attached hydrogen (secondary N) is 2. The van der Waals surface area contributed by atoms with Gasteiger partial charge >= 0.3 is 0 Å². The normalized spacial score (nSPS) is 11.5. The molecule has 0 radical (unpaired) electrons. The lowest BCUT2D eigenvalue weighted by Crippen LogP contribution is -2.47. The molecule has 4 N–H and O–H groups in total. The minimum atomic E-state index is -0.723. The van der Waals surface area contributed by atoms with E-state index in [0.29, 0.717) is 16.9 Å². The quantitative estimate of drug-likeness (QED) is 0.590. The molecule has 0 saturated heterocycles. The Bertz CT molecular complexity index is 897. The summed E-state index contributed by atoms with van der Waals surface area (Å²) >= 11 is 1.27. The third kappa shape index (κ3) is 5.41. The molecule has 0 saturated carbocycles. The van der Waals surface area contributed by atoms with Crippen LogP contribution in [0.15, 0.2) is 35.7 Å². The van der Waals surface area contributed by atoms with Crippen LogP contribution < -0.4 is 16.4 Å². The van der Waals surface area contributed by atoms with E-state index in [9.17, 15) is 14.4 Å². The second kappa shape index (κ2) is 9.67. The van der Waals surface area contributed by atoms with Gasteiger partial charge in [-0.3, -0.25) is 14.4 Å². The lowest BCUT2D eigenvalue weighted by atomic mass is 10.0. The van der Waals surface area contributed by atoms with Gasteiger partial charge in [-0.05, 0) is 41.5 Å². The van der Waals surface area contributed by atoms with Gasteiger partial charge in [0.05, 0.1) is 10.9 Å². The van der Waals surface area contributed by atoms with E-state index in [1.807, 2.05) is 19.9 Å². The van der Waals surface area contributed by atoms with Crippen molar-refractivity contribution in [3.05, 3.63) is 46.2 Å². The van der Waals surface area contributed by atoms with Gasteiger partial charge in [0.15, 0.2) is 0 Å². The molecule has 146 valence electrons. The highest BCUT2D eigenvalue weighted by molar-refractivity contribution is 7.12. The molecule has 28 heavy (non-hydrogen) atoms. The summed E-state index contributed by atoms with van der Waals surface area (Å²) in [5.74, 6) is -1.08. The number of carbonyl (C=O) groups excluding carboxylic acids is 3. The van der Waals surface area contributed by atoms with Crippen LogP contribution in [-0.2, 0) is 4.79 Å². The number of nitrogens with zero attached hydrogens (tertiary/aromatic N) is 1. The monoisotopic (exact) mass is 398 g/mol. The van der Waals surface area contributed by atoms with Gasteiger partial charge in [-0.15, -0.1) is 11.3 Å². The zero-order chi connectivity index (χ0) is 20.7. The molecule has 0 aliphatic heterocycles. The number of nitrogens with two attached hydrogens (primary N) is 1. The standard InChI is InChI=1S/C20H22N4O3S/c1-12(2)11-16(20(27)23-9-8-21)24-19(26)14-5-3-13(4-6-14)15-7-10-28-17(15)18(22)25/h3-7,10,12,16H,9,11H2,1-2H3,(H2,22,25)(H,23,27)(H,24,26)/t16-/m0/s1. The van der Waals surface area contributed by atoms with E-state index in [-0.39, 0.29) is 24.3 Å². The van der Waals surface area contributed by atoms with Crippen LogP contribution in [0, 0.1) is 17.2 Å². The largest absolute Gasteiger partial charge is 0.365 e. The Morgan fingerprint density at radius 3 is 2.43 bits per heavy atom. The first-order valence-corrected chi connectivity index (χ1v) is 9.64. The van der Waals surface area contributed by atoms with Crippen molar-refractivity contribution in [1.82, 2.24) is 10.6 Å². The van der Waals surface area contributed by atoms with Crippen LogP contribution in [0.4, 0.5) is 0 Å². The zero-order valence-corrected chi connectivity index (χ0v) is 16.5. The highest BCUT2D eigenvalue weighted by Crippen LogP contribution is 2.28. The molecule has 0 unspecified atom stereocenters. The number of hydrogen-bond acceptors (Lipinski definition) is 5. The van der Waals surface area contributed by atoms with E-state index in [1.165, 1.54) is 11.3 Å². The fraction of sp³-hybridized carbons (Fsp3) is 0.300. The van der Waals surface area contributed by atoms with E-state index in [4.69, 9.17) is 11.0 Å². The molecule has 0 aliphatic carbocycles. The minimum absolute atomic E-state index is 0.110. The van der Waals surface area contributed by atoms with Gasteiger partial charge in [0, 0.05) is 11.1 Å². The lowest BCUT2D eigenvalue weighted by Gasteiger charge is -2.19. The predicted octanol–water partition coefficient (Wildman–Crippen LogP) is 2.30. The van der Waals surface area contributed by atoms with Crippen LogP contribution in [0.3, 0.4) is 0 Å². The third-order valence-corrected chi connectivity index (χ3v) is 4.95. The zero-order valence-electron chi connectivity index (χ0n) is 15.7. The third-order valence-electron chi connectivity index (χ3n) is 4.02. The fourth-order valence-electron chi connectivity index (χ4n) is 2.72. The molecule has 1 atom stereocenters. The predicted molar refractivity (Wildman–Crippen MR) is 108 cm³/mol. The summed E-state index contributed by atoms with van der Waals surface area (Å²) in [5.41, 5.74) is 7.27.